The highest BCUT2D eigenvalue weighted by Crippen LogP contribution is 2.30. The minimum atomic E-state index is -0.389. The highest BCUT2D eigenvalue weighted by molar-refractivity contribution is 7.15. The molecule has 0 bridgehead atoms. The van der Waals surface area contributed by atoms with Crippen LogP contribution in [0, 0.1) is 11.8 Å². The van der Waals surface area contributed by atoms with E-state index in [1.807, 2.05) is 24.3 Å². The number of morpholine rings is 1. The number of benzene rings is 1. The summed E-state index contributed by atoms with van der Waals surface area (Å²) in [5.41, 5.74) is 2.01. The molecule has 5 rings (SSSR count). The number of anilines is 2. The molecule has 2 unspecified atom stereocenters. The van der Waals surface area contributed by atoms with Crippen molar-refractivity contribution in [2.24, 2.45) is 11.8 Å². The first-order valence-electron chi connectivity index (χ1n) is 12.5. The Morgan fingerprint density at radius 2 is 2.03 bits per heavy atom. The van der Waals surface area contributed by atoms with Crippen molar-refractivity contribution in [3.05, 3.63) is 34.8 Å². The van der Waals surface area contributed by atoms with Crippen LogP contribution in [0.1, 0.15) is 49.1 Å². The van der Waals surface area contributed by atoms with Gasteiger partial charge in [0.1, 0.15) is 5.01 Å². The van der Waals surface area contributed by atoms with Crippen LogP contribution in [0.4, 0.5) is 10.8 Å². The van der Waals surface area contributed by atoms with Crippen LogP contribution in [0.15, 0.2) is 24.3 Å². The normalized spacial score (nSPS) is 23.5. The van der Waals surface area contributed by atoms with Crippen molar-refractivity contribution in [3.63, 3.8) is 0 Å². The average molecular weight is 484 g/mol. The Morgan fingerprint density at radius 1 is 1.21 bits per heavy atom. The number of rotatable bonds is 8. The molecule has 2 atom stereocenters. The molecule has 2 amide bonds. The Labute approximate surface area is 204 Å². The Kier molecular flexibility index (Phi) is 7.51. The van der Waals surface area contributed by atoms with Crippen LogP contribution in [0.5, 0.6) is 0 Å². The summed E-state index contributed by atoms with van der Waals surface area (Å²) in [6.45, 7) is 2.89. The van der Waals surface area contributed by atoms with Gasteiger partial charge in [0.15, 0.2) is 0 Å². The van der Waals surface area contributed by atoms with Crippen LogP contribution in [-0.4, -0.2) is 54.4 Å². The van der Waals surface area contributed by atoms with E-state index in [1.54, 1.807) is 4.90 Å². The van der Waals surface area contributed by atoms with Crippen LogP contribution in [0.25, 0.3) is 0 Å². The molecule has 1 saturated carbocycles. The number of carbonyl (C=O) groups excluding carboxylic acids is 2. The molecule has 2 N–H and O–H groups in total. The van der Waals surface area contributed by atoms with Gasteiger partial charge in [0.25, 0.3) is 0 Å². The standard InChI is InChI=1S/C25H33N5O3S/c31-23-14-19(24(32)27-25-29-28-22(34-25)10-7-17-3-1-2-4-17)16-30(23)20-8-5-18(6-9-20)13-21-15-26-11-12-33-21/h5-6,8-9,17,19,21,26H,1-4,7,10-16H2,(H,27,29,32). The quantitative estimate of drug-likeness (QED) is 0.599. The molecule has 8 nitrogen and oxygen atoms in total. The van der Waals surface area contributed by atoms with Gasteiger partial charge in [-0.2, -0.15) is 0 Å². The van der Waals surface area contributed by atoms with Crippen molar-refractivity contribution in [3.8, 4) is 0 Å². The Bertz CT molecular complexity index is 983. The van der Waals surface area contributed by atoms with Crippen LogP contribution in [0.2, 0.25) is 0 Å². The number of nitrogens with zero attached hydrogens (tertiary/aromatic N) is 3. The van der Waals surface area contributed by atoms with Crippen LogP contribution in [-0.2, 0) is 27.2 Å². The summed E-state index contributed by atoms with van der Waals surface area (Å²) >= 11 is 1.45. The third-order valence-electron chi connectivity index (χ3n) is 7.15. The number of hydrogen-bond donors (Lipinski definition) is 2. The van der Waals surface area contributed by atoms with E-state index in [4.69, 9.17) is 4.74 Å². The maximum Gasteiger partial charge on any atom is 0.231 e. The fourth-order valence-corrected chi connectivity index (χ4v) is 5.96. The third-order valence-corrected chi connectivity index (χ3v) is 8.05. The highest BCUT2D eigenvalue weighted by Gasteiger charge is 2.35. The largest absolute Gasteiger partial charge is 0.375 e. The van der Waals surface area contributed by atoms with Crippen LogP contribution >= 0.6 is 11.3 Å². The van der Waals surface area contributed by atoms with E-state index in [1.165, 1.54) is 42.6 Å². The fraction of sp³-hybridized carbons (Fsp3) is 0.600. The Morgan fingerprint density at radius 3 is 2.79 bits per heavy atom. The summed E-state index contributed by atoms with van der Waals surface area (Å²) in [5, 5.41) is 16.1. The zero-order chi connectivity index (χ0) is 23.3. The molecule has 2 aliphatic heterocycles. The lowest BCUT2D eigenvalue weighted by atomic mass is 10.0. The molecule has 2 saturated heterocycles. The lowest BCUT2D eigenvalue weighted by Gasteiger charge is -2.24. The van der Waals surface area contributed by atoms with Gasteiger partial charge < -0.3 is 20.3 Å². The topological polar surface area (TPSA) is 96.5 Å². The lowest BCUT2D eigenvalue weighted by molar-refractivity contribution is -0.122. The van der Waals surface area contributed by atoms with Gasteiger partial charge in [-0.05, 0) is 36.5 Å². The summed E-state index contributed by atoms with van der Waals surface area (Å²) in [7, 11) is 0. The maximum absolute atomic E-state index is 12.8. The van der Waals surface area contributed by atoms with Crippen molar-refractivity contribution in [2.45, 2.75) is 57.5 Å². The van der Waals surface area contributed by atoms with Crippen molar-refractivity contribution >= 4 is 34.0 Å². The zero-order valence-corrected chi connectivity index (χ0v) is 20.3. The summed E-state index contributed by atoms with van der Waals surface area (Å²) < 4.78 is 5.78. The zero-order valence-electron chi connectivity index (χ0n) is 19.5. The summed E-state index contributed by atoms with van der Waals surface area (Å²) in [6.07, 6.45) is 8.65. The molecule has 2 aromatic rings. The first-order chi connectivity index (χ1) is 16.6. The molecule has 3 heterocycles. The second kappa shape index (κ2) is 10.9. The van der Waals surface area contributed by atoms with Gasteiger partial charge >= 0.3 is 0 Å². The summed E-state index contributed by atoms with van der Waals surface area (Å²) in [6, 6.07) is 8.01. The van der Waals surface area contributed by atoms with Crippen molar-refractivity contribution in [1.29, 1.82) is 0 Å². The average Bonchev–Trinajstić information content (AvgIpc) is 3.61. The molecule has 1 aliphatic carbocycles. The van der Waals surface area contributed by atoms with E-state index in [2.05, 4.69) is 20.8 Å². The second-order valence-corrected chi connectivity index (χ2v) is 10.7. The van der Waals surface area contributed by atoms with Gasteiger partial charge in [-0.3, -0.25) is 9.59 Å². The molecule has 182 valence electrons. The van der Waals surface area contributed by atoms with Crippen molar-refractivity contribution in [2.75, 3.05) is 36.5 Å². The Hall–Kier alpha value is -2.36. The van der Waals surface area contributed by atoms with Gasteiger partial charge in [-0.1, -0.05) is 49.2 Å². The van der Waals surface area contributed by atoms with Gasteiger partial charge in [0.05, 0.1) is 18.6 Å². The maximum atomic E-state index is 12.8. The molecule has 0 spiro atoms. The van der Waals surface area contributed by atoms with Crippen LogP contribution in [0.3, 0.4) is 0 Å². The molecular weight excluding hydrogens is 450 g/mol. The molecule has 1 aromatic heterocycles. The number of aryl methyl sites for hydroxylation is 1. The predicted molar refractivity (Wildman–Crippen MR) is 132 cm³/mol. The number of amides is 2. The van der Waals surface area contributed by atoms with Gasteiger partial charge in [0, 0.05) is 38.2 Å². The molecular formula is C25H33N5O3S. The van der Waals surface area contributed by atoms with E-state index in [0.717, 1.165) is 55.6 Å². The molecule has 34 heavy (non-hydrogen) atoms. The van der Waals surface area contributed by atoms with E-state index in [9.17, 15) is 9.59 Å². The molecule has 3 fully saturated rings. The van der Waals surface area contributed by atoms with Gasteiger partial charge in [-0.15, -0.1) is 10.2 Å². The number of aromatic nitrogens is 2. The van der Waals surface area contributed by atoms with E-state index >= 15 is 0 Å². The highest BCUT2D eigenvalue weighted by atomic mass is 32.1. The minimum Gasteiger partial charge on any atom is -0.375 e. The lowest BCUT2D eigenvalue weighted by Crippen LogP contribution is -2.39. The first-order valence-corrected chi connectivity index (χ1v) is 13.3. The first kappa shape index (κ1) is 23.4. The fourth-order valence-electron chi connectivity index (χ4n) is 5.20. The summed E-state index contributed by atoms with van der Waals surface area (Å²) in [4.78, 5) is 27.2. The molecule has 0 radical (unpaired) electrons. The number of nitrogens with one attached hydrogen (secondary N) is 2. The molecule has 3 aliphatic rings. The second-order valence-electron chi connectivity index (χ2n) is 9.65. The predicted octanol–water partition coefficient (Wildman–Crippen LogP) is 3.18. The van der Waals surface area contributed by atoms with Gasteiger partial charge in [0.2, 0.25) is 16.9 Å². The number of ether oxygens (including phenoxy) is 1. The monoisotopic (exact) mass is 483 g/mol. The number of carbonyl (C=O) groups is 2. The molecule has 1 aromatic carbocycles. The molecule has 9 heteroatoms. The van der Waals surface area contributed by atoms with E-state index in [-0.39, 0.29) is 30.3 Å². The van der Waals surface area contributed by atoms with Gasteiger partial charge in [-0.25, -0.2) is 0 Å². The Balaban J connectivity index is 1.12. The van der Waals surface area contributed by atoms with Crippen molar-refractivity contribution in [1.82, 2.24) is 15.5 Å². The number of hydrogen-bond acceptors (Lipinski definition) is 7. The smallest absolute Gasteiger partial charge is 0.231 e. The SMILES string of the molecule is O=C(Nc1nnc(CCC2CCCC2)s1)C1CC(=O)N(c2ccc(CC3CNCCO3)cc2)C1. The van der Waals surface area contributed by atoms with Crippen LogP contribution < -0.4 is 15.5 Å². The summed E-state index contributed by atoms with van der Waals surface area (Å²) in [5.74, 6) is 0.235. The van der Waals surface area contributed by atoms with E-state index < -0.39 is 0 Å². The third kappa shape index (κ3) is 5.82. The minimum absolute atomic E-state index is 0.0257. The van der Waals surface area contributed by atoms with E-state index in [0.29, 0.717) is 11.7 Å². The van der Waals surface area contributed by atoms with Crippen molar-refractivity contribution < 1.29 is 14.3 Å².